The Kier molecular flexibility index (Phi) is 4.75. The molecule has 1 aromatic carbocycles. The van der Waals surface area contributed by atoms with Gasteiger partial charge in [0.1, 0.15) is 5.82 Å². The van der Waals surface area contributed by atoms with Gasteiger partial charge >= 0.3 is 6.18 Å². The predicted molar refractivity (Wildman–Crippen MR) is 99.7 cm³/mol. The minimum absolute atomic E-state index is 0.0302. The van der Waals surface area contributed by atoms with Crippen molar-refractivity contribution in [2.75, 3.05) is 19.5 Å². The minimum atomic E-state index is -4.63. The van der Waals surface area contributed by atoms with Gasteiger partial charge in [-0.1, -0.05) is 6.42 Å². The Labute approximate surface area is 161 Å². The molecule has 0 aliphatic heterocycles. The quantitative estimate of drug-likeness (QED) is 0.780. The van der Waals surface area contributed by atoms with Gasteiger partial charge in [0, 0.05) is 17.5 Å². The van der Waals surface area contributed by atoms with Crippen LogP contribution in [0.5, 0.6) is 11.5 Å². The van der Waals surface area contributed by atoms with Crippen LogP contribution in [-0.4, -0.2) is 30.2 Å². The minimum Gasteiger partial charge on any atom is -0.493 e. The number of ether oxygens (including phenoxy) is 2. The summed E-state index contributed by atoms with van der Waals surface area (Å²) in [5.74, 6) is 1.65. The molecular formula is C20H24F3N3O2. The highest BCUT2D eigenvalue weighted by Crippen LogP contribution is 2.50. The largest absolute Gasteiger partial charge is 0.493 e. The van der Waals surface area contributed by atoms with Crippen LogP contribution in [0.1, 0.15) is 38.4 Å². The number of anilines is 1. The summed E-state index contributed by atoms with van der Waals surface area (Å²) in [7, 11) is 2.92. The molecule has 4 rings (SSSR count). The number of hydrogen-bond acceptors (Lipinski definition) is 5. The molecule has 0 spiro atoms. The molecule has 2 aliphatic rings. The number of nitrogens with one attached hydrogen (secondary N) is 1. The molecule has 8 heteroatoms. The number of hydrogen-bond donors (Lipinski definition) is 1. The third-order valence-electron chi connectivity index (χ3n) is 6.25. The Morgan fingerprint density at radius 3 is 2.36 bits per heavy atom. The topological polar surface area (TPSA) is 56.3 Å². The average molecular weight is 395 g/mol. The van der Waals surface area contributed by atoms with E-state index < -0.39 is 12.0 Å². The van der Waals surface area contributed by atoms with Gasteiger partial charge in [-0.25, -0.2) is 9.97 Å². The van der Waals surface area contributed by atoms with Crippen molar-refractivity contribution in [3.8, 4) is 11.5 Å². The molecule has 0 radical (unpaired) electrons. The molecule has 28 heavy (non-hydrogen) atoms. The molecule has 2 fully saturated rings. The van der Waals surface area contributed by atoms with E-state index in [0.717, 1.165) is 12.3 Å². The van der Waals surface area contributed by atoms with Gasteiger partial charge in [0.2, 0.25) is 5.82 Å². The van der Waals surface area contributed by atoms with Crippen molar-refractivity contribution in [2.45, 2.75) is 44.8 Å². The first-order valence-corrected chi connectivity index (χ1v) is 9.57. The molecular weight excluding hydrogens is 371 g/mol. The number of methoxy groups -OCH3 is 2. The highest BCUT2D eigenvalue weighted by atomic mass is 19.4. The normalized spacial score (nSPS) is 25.1. The van der Waals surface area contributed by atoms with Gasteiger partial charge in [0.25, 0.3) is 0 Å². The maximum atomic E-state index is 13.4. The van der Waals surface area contributed by atoms with Gasteiger partial charge < -0.3 is 14.8 Å². The van der Waals surface area contributed by atoms with Crippen molar-refractivity contribution < 1.29 is 22.6 Å². The fourth-order valence-corrected chi connectivity index (χ4v) is 4.92. The third kappa shape index (κ3) is 3.33. The standard InChI is InChI=1S/C20H24F3N3O2/c1-10(13-7-11-4-5-12(13)6-11)24-18-14-8-16(27-2)17(28-3)9-15(14)25-19(26-18)20(21,22)23/h8-13H,4-7H2,1-3H3,(H,24,25,26). The number of alkyl halides is 3. The van der Waals surface area contributed by atoms with Crippen molar-refractivity contribution in [1.82, 2.24) is 9.97 Å². The molecule has 1 N–H and O–H groups in total. The summed E-state index contributed by atoms with van der Waals surface area (Å²) in [5.41, 5.74) is 0.169. The number of halogens is 3. The van der Waals surface area contributed by atoms with Crippen LogP contribution < -0.4 is 14.8 Å². The van der Waals surface area contributed by atoms with Gasteiger partial charge in [-0.3, -0.25) is 0 Å². The Morgan fingerprint density at radius 2 is 1.79 bits per heavy atom. The summed E-state index contributed by atoms with van der Waals surface area (Å²) in [6.07, 6.45) is 0.225. The highest BCUT2D eigenvalue weighted by molar-refractivity contribution is 5.92. The van der Waals surface area contributed by atoms with E-state index in [9.17, 15) is 13.2 Å². The second-order valence-corrected chi connectivity index (χ2v) is 7.89. The van der Waals surface area contributed by atoms with Crippen molar-refractivity contribution in [2.24, 2.45) is 17.8 Å². The van der Waals surface area contributed by atoms with E-state index in [1.54, 1.807) is 6.07 Å². The van der Waals surface area contributed by atoms with Crippen molar-refractivity contribution in [3.05, 3.63) is 18.0 Å². The molecule has 2 aliphatic carbocycles. The number of rotatable bonds is 5. The van der Waals surface area contributed by atoms with Crippen molar-refractivity contribution in [1.29, 1.82) is 0 Å². The lowest BCUT2D eigenvalue weighted by atomic mass is 9.84. The SMILES string of the molecule is COc1cc2nc(C(F)(F)F)nc(NC(C)C3CC4CCC3C4)c2cc1OC. The molecule has 4 unspecified atom stereocenters. The molecule has 0 saturated heterocycles. The van der Waals surface area contributed by atoms with Crippen molar-refractivity contribution in [3.63, 3.8) is 0 Å². The Bertz CT molecular complexity index is 887. The molecule has 2 bridgehead atoms. The smallest absolute Gasteiger partial charge is 0.451 e. The van der Waals surface area contributed by atoms with E-state index in [1.807, 2.05) is 6.92 Å². The van der Waals surface area contributed by atoms with Crippen LogP contribution in [0.4, 0.5) is 19.0 Å². The van der Waals surface area contributed by atoms with E-state index in [4.69, 9.17) is 9.47 Å². The van der Waals surface area contributed by atoms with Gasteiger partial charge in [0.05, 0.1) is 19.7 Å². The zero-order chi connectivity index (χ0) is 20.1. The Morgan fingerprint density at radius 1 is 1.07 bits per heavy atom. The van der Waals surface area contributed by atoms with E-state index in [1.165, 1.54) is 39.5 Å². The third-order valence-corrected chi connectivity index (χ3v) is 6.25. The lowest BCUT2D eigenvalue weighted by molar-refractivity contribution is -0.144. The zero-order valence-electron chi connectivity index (χ0n) is 16.1. The number of fused-ring (bicyclic) bond motifs is 3. The van der Waals surface area contributed by atoms with Crippen LogP contribution in [0.2, 0.25) is 0 Å². The summed E-state index contributed by atoms with van der Waals surface area (Å²) >= 11 is 0. The molecule has 152 valence electrons. The highest BCUT2D eigenvalue weighted by Gasteiger charge is 2.42. The zero-order valence-corrected chi connectivity index (χ0v) is 16.1. The number of nitrogens with zero attached hydrogens (tertiary/aromatic N) is 2. The first-order chi connectivity index (χ1) is 13.3. The summed E-state index contributed by atoms with van der Waals surface area (Å²) in [5, 5.41) is 3.75. The fraction of sp³-hybridized carbons (Fsp3) is 0.600. The van der Waals surface area contributed by atoms with Gasteiger partial charge in [-0.05, 0) is 50.0 Å². The summed E-state index contributed by atoms with van der Waals surface area (Å²) in [6.45, 7) is 2.04. The first-order valence-electron chi connectivity index (χ1n) is 9.57. The first kappa shape index (κ1) is 19.1. The van der Waals surface area contributed by atoms with Crippen LogP contribution in [0.3, 0.4) is 0 Å². The Hall–Kier alpha value is -2.25. The van der Waals surface area contributed by atoms with Crippen molar-refractivity contribution >= 4 is 16.7 Å². The van der Waals surface area contributed by atoms with E-state index in [-0.39, 0.29) is 17.4 Å². The van der Waals surface area contributed by atoms with Crippen LogP contribution in [0.15, 0.2) is 12.1 Å². The fourth-order valence-electron chi connectivity index (χ4n) is 4.92. The van der Waals surface area contributed by atoms with Crippen LogP contribution in [0.25, 0.3) is 10.9 Å². The monoisotopic (exact) mass is 395 g/mol. The summed E-state index contributed by atoms with van der Waals surface area (Å²) < 4.78 is 50.7. The van der Waals surface area contributed by atoms with E-state index >= 15 is 0 Å². The summed E-state index contributed by atoms with van der Waals surface area (Å²) in [4.78, 5) is 7.56. The molecule has 2 aromatic rings. The van der Waals surface area contributed by atoms with Gasteiger partial charge in [0.15, 0.2) is 11.5 Å². The molecule has 1 aromatic heterocycles. The second kappa shape index (κ2) is 6.97. The van der Waals surface area contributed by atoms with E-state index in [2.05, 4.69) is 15.3 Å². The molecule has 4 atom stereocenters. The second-order valence-electron chi connectivity index (χ2n) is 7.89. The number of benzene rings is 1. The molecule has 2 saturated carbocycles. The average Bonchev–Trinajstić information content (AvgIpc) is 3.29. The van der Waals surface area contributed by atoms with Crippen LogP contribution in [0, 0.1) is 17.8 Å². The molecule has 1 heterocycles. The lowest BCUT2D eigenvalue weighted by Gasteiger charge is -2.29. The molecule has 5 nitrogen and oxygen atoms in total. The van der Waals surface area contributed by atoms with E-state index in [0.29, 0.717) is 28.7 Å². The van der Waals surface area contributed by atoms with Crippen LogP contribution in [-0.2, 0) is 6.18 Å². The Balaban J connectivity index is 1.76. The van der Waals surface area contributed by atoms with Crippen LogP contribution >= 0.6 is 0 Å². The van der Waals surface area contributed by atoms with Gasteiger partial charge in [-0.2, -0.15) is 13.2 Å². The maximum absolute atomic E-state index is 13.4. The number of aromatic nitrogens is 2. The predicted octanol–water partition coefficient (Wildman–Crippen LogP) is 4.90. The van der Waals surface area contributed by atoms with Gasteiger partial charge in [-0.15, -0.1) is 0 Å². The molecule has 0 amide bonds. The summed E-state index contributed by atoms with van der Waals surface area (Å²) in [6, 6.07) is 3.12. The lowest BCUT2D eigenvalue weighted by Crippen LogP contribution is -2.30. The maximum Gasteiger partial charge on any atom is 0.451 e.